The molecule has 0 bridgehead atoms. The van der Waals surface area contributed by atoms with Gasteiger partial charge in [-0.15, -0.1) is 0 Å². The normalized spacial score (nSPS) is 9.75. The summed E-state index contributed by atoms with van der Waals surface area (Å²) < 4.78 is 0. The lowest BCUT2D eigenvalue weighted by atomic mass is 10.2. The van der Waals surface area contributed by atoms with Crippen LogP contribution in [0.1, 0.15) is 5.56 Å². The molecule has 2 rings (SSSR count). The molecule has 100 valence electrons. The molecule has 0 spiro atoms. The fraction of sp³-hybridized carbons (Fsp3) is 0.0769. The zero-order chi connectivity index (χ0) is 14.4. The fourth-order valence-electron chi connectivity index (χ4n) is 1.42. The highest BCUT2D eigenvalue weighted by atomic mass is 32.2. The van der Waals surface area contributed by atoms with Gasteiger partial charge in [0.1, 0.15) is 0 Å². The van der Waals surface area contributed by atoms with E-state index < -0.39 is 0 Å². The number of thioether (sulfide) groups is 1. The molecule has 2 N–H and O–H groups in total. The van der Waals surface area contributed by atoms with Crippen molar-refractivity contribution in [1.82, 2.24) is 9.97 Å². The second kappa shape index (κ2) is 6.54. The molecule has 0 saturated heterocycles. The summed E-state index contributed by atoms with van der Waals surface area (Å²) in [7, 11) is 0. The van der Waals surface area contributed by atoms with Crippen molar-refractivity contribution in [2.45, 2.75) is 5.16 Å². The number of benzene rings is 1. The number of nitrogens with zero attached hydrogens (tertiary/aromatic N) is 2. The van der Waals surface area contributed by atoms with Gasteiger partial charge in [-0.05, 0) is 18.2 Å². The van der Waals surface area contributed by atoms with Gasteiger partial charge in [0.25, 0.3) is 5.56 Å². The summed E-state index contributed by atoms with van der Waals surface area (Å²) in [6, 6.07) is 9.94. The largest absolute Gasteiger partial charge is 0.325 e. The number of nitrogens with one attached hydrogen (secondary N) is 2. The summed E-state index contributed by atoms with van der Waals surface area (Å²) in [5, 5.41) is 11.8. The first-order valence-electron chi connectivity index (χ1n) is 5.65. The minimum Gasteiger partial charge on any atom is -0.325 e. The number of aromatic nitrogens is 2. The number of rotatable bonds is 4. The molecule has 0 fully saturated rings. The van der Waals surface area contributed by atoms with Crippen LogP contribution in [0.2, 0.25) is 0 Å². The molecule has 2 aromatic rings. The van der Waals surface area contributed by atoms with Crippen molar-refractivity contribution in [3.05, 3.63) is 52.4 Å². The van der Waals surface area contributed by atoms with E-state index in [9.17, 15) is 9.59 Å². The summed E-state index contributed by atoms with van der Waals surface area (Å²) in [6.07, 6.45) is 1.38. The molecule has 0 atom stereocenters. The Morgan fingerprint density at radius 1 is 1.45 bits per heavy atom. The summed E-state index contributed by atoms with van der Waals surface area (Å²) in [4.78, 5) is 29.2. The Morgan fingerprint density at radius 2 is 2.30 bits per heavy atom. The minimum atomic E-state index is -0.260. The van der Waals surface area contributed by atoms with Gasteiger partial charge in [0.2, 0.25) is 5.91 Å². The fourth-order valence-corrected chi connectivity index (χ4v) is 2.07. The maximum atomic E-state index is 11.7. The van der Waals surface area contributed by atoms with Crippen LogP contribution in [0.25, 0.3) is 0 Å². The summed E-state index contributed by atoms with van der Waals surface area (Å²) >= 11 is 1.13. The third-order valence-electron chi connectivity index (χ3n) is 2.26. The quantitative estimate of drug-likeness (QED) is 0.653. The van der Waals surface area contributed by atoms with Gasteiger partial charge in [-0.3, -0.25) is 9.59 Å². The summed E-state index contributed by atoms with van der Waals surface area (Å²) in [5.41, 5.74) is 0.776. The first-order valence-corrected chi connectivity index (χ1v) is 6.64. The molecule has 0 aliphatic heterocycles. The number of carbonyl (C=O) groups excluding carboxylic acids is 1. The van der Waals surface area contributed by atoms with Gasteiger partial charge in [0.15, 0.2) is 5.16 Å². The van der Waals surface area contributed by atoms with E-state index in [1.165, 1.54) is 12.3 Å². The van der Waals surface area contributed by atoms with Gasteiger partial charge >= 0.3 is 0 Å². The van der Waals surface area contributed by atoms with E-state index in [1.54, 1.807) is 24.3 Å². The van der Waals surface area contributed by atoms with Crippen molar-refractivity contribution < 1.29 is 4.79 Å². The maximum absolute atomic E-state index is 11.7. The van der Waals surface area contributed by atoms with Crippen molar-refractivity contribution in [3.8, 4) is 6.07 Å². The highest BCUT2D eigenvalue weighted by Gasteiger charge is 2.05. The molecular formula is C13H10N4O2S. The smallest absolute Gasteiger partial charge is 0.251 e. The zero-order valence-corrected chi connectivity index (χ0v) is 11.1. The van der Waals surface area contributed by atoms with Gasteiger partial charge in [-0.1, -0.05) is 17.8 Å². The van der Waals surface area contributed by atoms with Crippen LogP contribution in [0.5, 0.6) is 0 Å². The molecule has 0 radical (unpaired) electrons. The third kappa shape index (κ3) is 3.96. The maximum Gasteiger partial charge on any atom is 0.251 e. The van der Waals surface area contributed by atoms with E-state index in [2.05, 4.69) is 15.3 Å². The van der Waals surface area contributed by atoms with Gasteiger partial charge in [-0.2, -0.15) is 5.26 Å². The standard InChI is InChI=1S/C13H10N4O2S/c14-7-9-2-1-3-10(6-9)16-12(19)8-20-13-15-5-4-11(18)17-13/h1-6H,8H2,(H,16,19)(H,15,17,18). The van der Waals surface area contributed by atoms with Crippen LogP contribution in [-0.4, -0.2) is 21.6 Å². The van der Waals surface area contributed by atoms with Gasteiger partial charge in [-0.25, -0.2) is 4.98 Å². The lowest BCUT2D eigenvalue weighted by molar-refractivity contribution is -0.113. The molecular weight excluding hydrogens is 276 g/mol. The van der Waals surface area contributed by atoms with Gasteiger partial charge in [0.05, 0.1) is 17.4 Å². The van der Waals surface area contributed by atoms with Gasteiger partial charge < -0.3 is 10.3 Å². The van der Waals surface area contributed by atoms with E-state index >= 15 is 0 Å². The highest BCUT2D eigenvalue weighted by Crippen LogP contribution is 2.13. The zero-order valence-electron chi connectivity index (χ0n) is 10.3. The molecule has 7 heteroatoms. The molecule has 0 aliphatic rings. The lowest BCUT2D eigenvalue weighted by Crippen LogP contribution is -2.15. The number of amides is 1. The summed E-state index contributed by atoms with van der Waals surface area (Å²) in [5.74, 6) is -0.124. The second-order valence-electron chi connectivity index (χ2n) is 3.77. The van der Waals surface area contributed by atoms with Crippen LogP contribution >= 0.6 is 11.8 Å². The Morgan fingerprint density at radius 3 is 3.05 bits per heavy atom. The molecule has 1 aromatic carbocycles. The van der Waals surface area contributed by atoms with Crippen LogP contribution in [0.3, 0.4) is 0 Å². The van der Waals surface area contributed by atoms with Crippen LogP contribution < -0.4 is 10.9 Å². The van der Waals surface area contributed by atoms with Crippen LogP contribution in [0.4, 0.5) is 5.69 Å². The van der Waals surface area contributed by atoms with E-state index in [4.69, 9.17) is 5.26 Å². The topological polar surface area (TPSA) is 98.6 Å². The SMILES string of the molecule is N#Cc1cccc(NC(=O)CSc2nccc(=O)[nH]2)c1. The molecule has 1 heterocycles. The van der Waals surface area contributed by atoms with Crippen molar-refractivity contribution in [2.75, 3.05) is 11.1 Å². The third-order valence-corrected chi connectivity index (χ3v) is 3.15. The number of hydrogen-bond donors (Lipinski definition) is 2. The second-order valence-corrected chi connectivity index (χ2v) is 4.73. The van der Waals surface area contributed by atoms with Crippen molar-refractivity contribution >= 4 is 23.4 Å². The Bertz CT molecular complexity index is 721. The Labute approximate surface area is 118 Å². The van der Waals surface area contributed by atoms with Crippen molar-refractivity contribution in [2.24, 2.45) is 0 Å². The number of nitriles is 1. The number of hydrogen-bond acceptors (Lipinski definition) is 5. The average Bonchev–Trinajstić information content (AvgIpc) is 2.45. The van der Waals surface area contributed by atoms with Crippen LogP contribution in [0.15, 0.2) is 46.5 Å². The molecule has 0 saturated carbocycles. The van der Waals surface area contributed by atoms with E-state index in [1.807, 2.05) is 6.07 Å². The van der Waals surface area contributed by atoms with Gasteiger partial charge in [0, 0.05) is 18.0 Å². The first-order chi connectivity index (χ1) is 9.67. The van der Waals surface area contributed by atoms with E-state index in [-0.39, 0.29) is 17.2 Å². The van der Waals surface area contributed by atoms with E-state index in [0.29, 0.717) is 16.4 Å². The Balaban J connectivity index is 1.92. The summed E-state index contributed by atoms with van der Waals surface area (Å²) in [6.45, 7) is 0. The van der Waals surface area contributed by atoms with Crippen molar-refractivity contribution in [3.63, 3.8) is 0 Å². The number of H-pyrrole nitrogens is 1. The lowest BCUT2D eigenvalue weighted by Gasteiger charge is -2.04. The number of aromatic amines is 1. The monoisotopic (exact) mass is 286 g/mol. The predicted octanol–water partition coefficient (Wildman–Crippen LogP) is 1.37. The Hall–Kier alpha value is -2.59. The Kier molecular flexibility index (Phi) is 4.52. The predicted molar refractivity (Wildman–Crippen MR) is 75.4 cm³/mol. The van der Waals surface area contributed by atoms with Crippen LogP contribution in [-0.2, 0) is 4.79 Å². The molecule has 1 aromatic heterocycles. The number of carbonyl (C=O) groups is 1. The molecule has 20 heavy (non-hydrogen) atoms. The number of anilines is 1. The molecule has 6 nitrogen and oxygen atoms in total. The molecule has 1 amide bonds. The highest BCUT2D eigenvalue weighted by molar-refractivity contribution is 7.99. The van der Waals surface area contributed by atoms with Crippen molar-refractivity contribution in [1.29, 1.82) is 5.26 Å². The van der Waals surface area contributed by atoms with E-state index in [0.717, 1.165) is 11.8 Å². The molecule has 0 unspecified atom stereocenters. The first kappa shape index (κ1) is 13.8. The molecule has 0 aliphatic carbocycles. The average molecular weight is 286 g/mol. The minimum absolute atomic E-state index is 0.115. The van der Waals surface area contributed by atoms with Crippen LogP contribution in [0, 0.1) is 11.3 Å².